The van der Waals surface area contributed by atoms with Gasteiger partial charge in [-0.1, -0.05) is 39.5 Å². The third-order valence-electron chi connectivity index (χ3n) is 10.9. The van der Waals surface area contributed by atoms with Crippen molar-refractivity contribution in [2.24, 2.45) is 11.7 Å². The van der Waals surface area contributed by atoms with Crippen LogP contribution in [0.1, 0.15) is 118 Å². The molecular formula is C42H77NO11. The Balaban J connectivity index is 0.000000439. The van der Waals surface area contributed by atoms with E-state index in [2.05, 4.69) is 27.0 Å². The molecule has 0 amide bonds. The Hall–Kier alpha value is -1.29. The molecule has 0 bridgehead atoms. The van der Waals surface area contributed by atoms with Crippen molar-refractivity contribution in [1.29, 1.82) is 0 Å². The average Bonchev–Trinajstić information content (AvgIpc) is 3.92. The number of methoxy groups -OCH3 is 1. The van der Waals surface area contributed by atoms with Gasteiger partial charge >= 0.3 is 0 Å². The van der Waals surface area contributed by atoms with E-state index < -0.39 is 11.9 Å². The van der Waals surface area contributed by atoms with Crippen LogP contribution >= 0.6 is 0 Å². The molecule has 0 saturated carbocycles. The summed E-state index contributed by atoms with van der Waals surface area (Å²) in [6, 6.07) is 0. The van der Waals surface area contributed by atoms with Crippen molar-refractivity contribution in [3.05, 3.63) is 24.3 Å². The van der Waals surface area contributed by atoms with Gasteiger partial charge in [0.05, 0.1) is 68.7 Å². The quantitative estimate of drug-likeness (QED) is 0.204. The lowest BCUT2D eigenvalue weighted by molar-refractivity contribution is -0.295. The number of ether oxygens (including phenoxy) is 8. The molecule has 4 N–H and O–H groups in total. The summed E-state index contributed by atoms with van der Waals surface area (Å²) in [5, 5.41) is 17.3. The number of carbonyl (C=O) groups excluding carboxylic acids is 1. The van der Waals surface area contributed by atoms with Crippen LogP contribution < -0.4 is 5.73 Å². The smallest absolute Gasteiger partial charge is 0.171 e. The molecule has 0 spiro atoms. The SMILES string of the molecule is C=C1CC[C@H](CC)OC1.C=C1COC(CC[C@]2(OC3CCOC4CCC(CC(=O)CC5CCO[C@H]5C)O[C@@H]43)CC(O)CO2)C1.CC.CO.COC(C)CN. The standard InChI is InChI=1S/C27H42O8.C8H14O.C4H11NO.C2H6.CH4O/c1-17-11-22(32-15-17)5-8-27(14-21(29)16-33-27)35-25-7-10-31-24-4-3-23(34-26(24)25)13-20(28)12-19-6-9-30-18(19)2;1-3-8-5-4-7(2)6-9-8;1-4(3-5)6-2;2*1-2/h18-19,21-26,29H,1,3-16H2,2H3;8H,2-6H2,1H3;4H,3,5H2,1-2H3;1-2H3;2H,1H3/t18-,19?,21?,22?,23?,24?,25?,26-,27-;8-;;;/m00.../s1. The van der Waals surface area contributed by atoms with Gasteiger partial charge < -0.3 is 53.8 Å². The van der Waals surface area contributed by atoms with E-state index in [0.29, 0.717) is 63.9 Å². The largest absolute Gasteiger partial charge is 0.400 e. The van der Waals surface area contributed by atoms with Crippen LogP contribution in [0.2, 0.25) is 0 Å². The topological polar surface area (TPSA) is 157 Å². The molecule has 6 fully saturated rings. The molecule has 6 heterocycles. The van der Waals surface area contributed by atoms with Gasteiger partial charge in [0.1, 0.15) is 11.9 Å². The van der Waals surface area contributed by atoms with Gasteiger partial charge in [0.2, 0.25) is 0 Å². The number of hydrogen-bond acceptors (Lipinski definition) is 12. The number of carbonyl (C=O) groups is 1. The summed E-state index contributed by atoms with van der Waals surface area (Å²) in [5.74, 6) is -0.272. The van der Waals surface area contributed by atoms with Gasteiger partial charge in [0, 0.05) is 59.7 Å². The molecule has 6 aliphatic heterocycles. The first-order valence-electron chi connectivity index (χ1n) is 20.7. The van der Waals surface area contributed by atoms with Gasteiger partial charge in [-0.05, 0) is 83.1 Å². The molecule has 0 aliphatic carbocycles. The Labute approximate surface area is 326 Å². The van der Waals surface area contributed by atoms with Crippen molar-refractivity contribution in [1.82, 2.24) is 0 Å². The second-order valence-electron chi connectivity index (χ2n) is 15.1. The van der Waals surface area contributed by atoms with E-state index in [1.165, 1.54) is 18.4 Å². The number of fused-ring (bicyclic) bond motifs is 1. The van der Waals surface area contributed by atoms with Crippen LogP contribution in [0.5, 0.6) is 0 Å². The molecular weight excluding hydrogens is 694 g/mol. The Kier molecular flexibility index (Phi) is 24.1. The molecule has 11 atom stereocenters. The fraction of sp³-hybridized carbons (Fsp3) is 0.881. The number of aliphatic hydroxyl groups excluding tert-OH is 2. The van der Waals surface area contributed by atoms with Crippen molar-refractivity contribution < 1.29 is 52.9 Å². The molecule has 12 nitrogen and oxygen atoms in total. The maximum atomic E-state index is 12.8. The zero-order valence-corrected chi connectivity index (χ0v) is 34.8. The van der Waals surface area contributed by atoms with E-state index in [1.807, 2.05) is 20.8 Å². The Morgan fingerprint density at radius 1 is 0.963 bits per heavy atom. The first-order valence-corrected chi connectivity index (χ1v) is 20.7. The summed E-state index contributed by atoms with van der Waals surface area (Å²) < 4.78 is 46.9. The molecule has 6 saturated heterocycles. The van der Waals surface area contributed by atoms with Crippen LogP contribution in [0, 0.1) is 5.92 Å². The summed E-state index contributed by atoms with van der Waals surface area (Å²) >= 11 is 0. The number of rotatable bonds is 12. The highest BCUT2D eigenvalue weighted by atomic mass is 16.7. The molecule has 316 valence electrons. The second kappa shape index (κ2) is 26.6. The Morgan fingerprint density at radius 2 is 1.67 bits per heavy atom. The molecule has 0 aromatic carbocycles. The molecule has 0 aromatic heterocycles. The predicted octanol–water partition coefficient (Wildman–Crippen LogP) is 5.83. The van der Waals surface area contributed by atoms with Crippen molar-refractivity contribution in [3.8, 4) is 0 Å². The highest BCUT2D eigenvalue weighted by Gasteiger charge is 2.48. The van der Waals surface area contributed by atoms with E-state index >= 15 is 0 Å². The van der Waals surface area contributed by atoms with E-state index in [9.17, 15) is 9.90 Å². The maximum Gasteiger partial charge on any atom is 0.171 e. The zero-order chi connectivity index (χ0) is 40.1. The van der Waals surface area contributed by atoms with Crippen LogP contribution in [0.25, 0.3) is 0 Å². The molecule has 6 aliphatic rings. The van der Waals surface area contributed by atoms with E-state index in [4.69, 9.17) is 48.7 Å². The molecule has 12 heteroatoms. The van der Waals surface area contributed by atoms with E-state index in [-0.39, 0.29) is 55.1 Å². The monoisotopic (exact) mass is 772 g/mol. The molecule has 54 heavy (non-hydrogen) atoms. The fourth-order valence-corrected chi connectivity index (χ4v) is 7.58. The van der Waals surface area contributed by atoms with Crippen molar-refractivity contribution in [2.75, 3.05) is 53.8 Å². The van der Waals surface area contributed by atoms with Crippen LogP contribution in [-0.2, 0) is 42.7 Å². The molecule has 6 rings (SSSR count). The highest BCUT2D eigenvalue weighted by molar-refractivity contribution is 5.79. The zero-order valence-electron chi connectivity index (χ0n) is 34.8. The normalized spacial score (nSPS) is 35.1. The molecule has 0 radical (unpaired) electrons. The summed E-state index contributed by atoms with van der Waals surface area (Å²) in [5.41, 5.74) is 7.53. The number of nitrogens with two attached hydrogens (primary N) is 1. The Bertz CT molecular complexity index is 1050. The first kappa shape index (κ1) is 48.9. The average molecular weight is 772 g/mol. The lowest BCUT2D eigenvalue weighted by Crippen LogP contribution is -2.55. The number of ketones is 1. The Morgan fingerprint density at radius 3 is 2.20 bits per heavy atom. The minimum atomic E-state index is -0.843. The van der Waals surface area contributed by atoms with Gasteiger partial charge in [-0.2, -0.15) is 0 Å². The van der Waals surface area contributed by atoms with Gasteiger partial charge in [-0.3, -0.25) is 4.79 Å². The molecule has 7 unspecified atom stereocenters. The summed E-state index contributed by atoms with van der Waals surface area (Å²) in [7, 11) is 2.65. The minimum absolute atomic E-state index is 0.0341. The van der Waals surface area contributed by atoms with E-state index in [1.54, 1.807) is 7.11 Å². The van der Waals surface area contributed by atoms with Gasteiger partial charge in [-0.15, -0.1) is 0 Å². The summed E-state index contributed by atoms with van der Waals surface area (Å²) in [6.45, 7) is 21.7. The third-order valence-corrected chi connectivity index (χ3v) is 10.9. The molecule has 0 aromatic rings. The van der Waals surface area contributed by atoms with Gasteiger partial charge in [0.25, 0.3) is 0 Å². The first-order chi connectivity index (χ1) is 26.0. The van der Waals surface area contributed by atoms with Crippen LogP contribution in [0.15, 0.2) is 24.3 Å². The van der Waals surface area contributed by atoms with Crippen molar-refractivity contribution >= 4 is 5.78 Å². The van der Waals surface area contributed by atoms with Crippen LogP contribution in [-0.4, -0.2) is 131 Å². The van der Waals surface area contributed by atoms with Gasteiger partial charge in [0.15, 0.2) is 5.79 Å². The number of hydrogen-bond donors (Lipinski definition) is 3. The predicted molar refractivity (Wildman–Crippen MR) is 210 cm³/mol. The highest BCUT2D eigenvalue weighted by Crippen LogP contribution is 2.40. The lowest BCUT2D eigenvalue weighted by atomic mass is 9.89. The summed E-state index contributed by atoms with van der Waals surface area (Å²) in [4.78, 5) is 12.8. The van der Waals surface area contributed by atoms with Gasteiger partial charge in [-0.25, -0.2) is 0 Å². The van der Waals surface area contributed by atoms with E-state index in [0.717, 1.165) is 64.4 Å². The van der Waals surface area contributed by atoms with Crippen molar-refractivity contribution in [2.45, 2.75) is 179 Å². The summed E-state index contributed by atoms with van der Waals surface area (Å²) in [6.07, 6.45) is 10.5. The van der Waals surface area contributed by atoms with Crippen LogP contribution in [0.3, 0.4) is 0 Å². The fourth-order valence-electron chi connectivity index (χ4n) is 7.58. The third kappa shape index (κ3) is 16.7. The number of Topliss-reactive ketones (excluding diaryl/α,β-unsaturated/α-hetero) is 1. The van der Waals surface area contributed by atoms with Crippen molar-refractivity contribution in [3.63, 3.8) is 0 Å². The lowest BCUT2D eigenvalue weighted by Gasteiger charge is -2.46. The number of aliphatic hydroxyl groups is 2. The second-order valence-corrected chi connectivity index (χ2v) is 15.1. The van der Waals surface area contributed by atoms with Crippen LogP contribution in [0.4, 0.5) is 0 Å². The maximum absolute atomic E-state index is 12.8. The minimum Gasteiger partial charge on any atom is -0.400 e.